The van der Waals surface area contributed by atoms with Crippen molar-refractivity contribution >= 4 is 53.3 Å². The Labute approximate surface area is 206 Å². The topological polar surface area (TPSA) is 105 Å². The Kier molecular flexibility index (Phi) is 13.0. The highest BCUT2D eigenvalue weighted by Crippen LogP contribution is 2.24. The maximum Gasteiger partial charge on any atom is 0.410 e. The molecule has 1 amide bonds. The molecular formula is C20H36IN5O4S. The molecular weight excluding hydrogens is 533 g/mol. The molecule has 1 aromatic heterocycles. The molecule has 0 aliphatic carbocycles. The third-order valence-corrected chi connectivity index (χ3v) is 5.07. The number of halogens is 1. The van der Waals surface area contributed by atoms with E-state index in [0.717, 1.165) is 5.01 Å². The minimum Gasteiger partial charge on any atom is -0.462 e. The Morgan fingerprint density at radius 3 is 2.48 bits per heavy atom. The van der Waals surface area contributed by atoms with E-state index in [1.807, 2.05) is 34.6 Å². The highest BCUT2D eigenvalue weighted by Gasteiger charge is 2.21. The van der Waals surface area contributed by atoms with Crippen molar-refractivity contribution < 1.29 is 19.1 Å². The van der Waals surface area contributed by atoms with Crippen LogP contribution in [-0.4, -0.2) is 66.8 Å². The lowest BCUT2D eigenvalue weighted by Gasteiger charge is -2.24. The number of aromatic nitrogens is 1. The molecule has 0 saturated heterocycles. The molecule has 1 heterocycles. The highest BCUT2D eigenvalue weighted by molar-refractivity contribution is 14.0. The lowest BCUT2D eigenvalue weighted by atomic mass is 10.2. The number of carbonyl (C=O) groups excluding carboxylic acids is 2. The Bertz CT molecular complexity index is 748. The zero-order chi connectivity index (χ0) is 22.9. The molecule has 0 saturated carbocycles. The quantitative estimate of drug-likeness (QED) is 0.213. The number of nitrogens with zero attached hydrogens (tertiary/aromatic N) is 3. The summed E-state index contributed by atoms with van der Waals surface area (Å²) in [6, 6.07) is -0.154. The molecule has 0 bridgehead atoms. The third-order valence-electron chi connectivity index (χ3n) is 3.75. The lowest BCUT2D eigenvalue weighted by molar-refractivity contribution is 0.0303. The molecule has 0 fully saturated rings. The molecule has 0 spiro atoms. The Balaban J connectivity index is 0.00000900. The zero-order valence-electron chi connectivity index (χ0n) is 19.7. The number of likely N-dealkylation sites (N-methyl/N-ethyl adjacent to an activating group) is 1. The molecule has 0 aliphatic rings. The van der Waals surface area contributed by atoms with E-state index in [4.69, 9.17) is 9.47 Å². The fourth-order valence-electron chi connectivity index (χ4n) is 2.32. The smallest absolute Gasteiger partial charge is 0.410 e. The van der Waals surface area contributed by atoms with Gasteiger partial charge >= 0.3 is 12.1 Å². The van der Waals surface area contributed by atoms with Crippen LogP contribution in [-0.2, 0) is 9.47 Å². The number of aryl methyl sites for hydroxylation is 1. The molecule has 1 atom stereocenters. The molecule has 2 N–H and O–H groups in total. The van der Waals surface area contributed by atoms with Gasteiger partial charge in [0, 0.05) is 20.1 Å². The molecule has 0 aliphatic heterocycles. The Morgan fingerprint density at radius 1 is 1.29 bits per heavy atom. The largest absolute Gasteiger partial charge is 0.462 e. The van der Waals surface area contributed by atoms with Gasteiger partial charge in [0.15, 0.2) is 5.96 Å². The van der Waals surface area contributed by atoms with Crippen molar-refractivity contribution in [1.82, 2.24) is 20.5 Å². The van der Waals surface area contributed by atoms with Gasteiger partial charge in [-0.25, -0.2) is 14.6 Å². The predicted molar refractivity (Wildman–Crippen MR) is 135 cm³/mol. The van der Waals surface area contributed by atoms with Gasteiger partial charge in [0.1, 0.15) is 15.5 Å². The van der Waals surface area contributed by atoms with Crippen molar-refractivity contribution in [3.05, 3.63) is 15.6 Å². The first-order chi connectivity index (χ1) is 14.0. The molecule has 11 heteroatoms. The van der Waals surface area contributed by atoms with Crippen LogP contribution in [0.4, 0.5) is 4.79 Å². The van der Waals surface area contributed by atoms with Gasteiger partial charge in [0.2, 0.25) is 0 Å². The second kappa shape index (κ2) is 13.7. The summed E-state index contributed by atoms with van der Waals surface area (Å²) in [5, 5.41) is 7.24. The standard InChI is InChI=1S/C20H35N5O4S.HI/c1-9-21-18(22-11-12-25(8)19(27)29-20(5,6)7)24-14(4)16-23-13(3)15(30-16)17(26)28-10-2;/h14H,9-12H2,1-8H3,(H2,21,22,24);1H. The molecule has 31 heavy (non-hydrogen) atoms. The van der Waals surface area contributed by atoms with Gasteiger partial charge in [-0.15, -0.1) is 35.3 Å². The van der Waals surface area contributed by atoms with Crippen LogP contribution in [0.15, 0.2) is 4.99 Å². The maximum absolute atomic E-state index is 12.0. The van der Waals surface area contributed by atoms with Gasteiger partial charge < -0.3 is 25.0 Å². The van der Waals surface area contributed by atoms with E-state index in [-0.39, 0.29) is 42.1 Å². The average molecular weight is 570 g/mol. The minimum absolute atomic E-state index is 0. The summed E-state index contributed by atoms with van der Waals surface area (Å²) in [6.45, 7) is 14.8. The normalized spacial score (nSPS) is 12.5. The second-order valence-corrected chi connectivity index (χ2v) is 8.75. The summed E-state index contributed by atoms with van der Waals surface area (Å²) in [4.78, 5) is 35.1. The number of rotatable bonds is 8. The van der Waals surface area contributed by atoms with Gasteiger partial charge in [-0.1, -0.05) is 0 Å². The Morgan fingerprint density at radius 2 is 1.94 bits per heavy atom. The zero-order valence-corrected chi connectivity index (χ0v) is 22.8. The van der Waals surface area contributed by atoms with Gasteiger partial charge in [0.05, 0.1) is 24.9 Å². The number of hydrogen-bond donors (Lipinski definition) is 2. The fraction of sp³-hybridized carbons (Fsp3) is 0.700. The van der Waals surface area contributed by atoms with Gasteiger partial charge in [-0.05, 0) is 48.5 Å². The third kappa shape index (κ3) is 10.5. The first-order valence-corrected chi connectivity index (χ1v) is 10.9. The number of aliphatic imine (C=N–C) groups is 1. The van der Waals surface area contributed by atoms with Crippen LogP contribution in [0, 0.1) is 6.92 Å². The molecule has 1 rings (SSSR count). The van der Waals surface area contributed by atoms with Crippen LogP contribution in [0.3, 0.4) is 0 Å². The average Bonchev–Trinajstić information content (AvgIpc) is 3.02. The summed E-state index contributed by atoms with van der Waals surface area (Å²) < 4.78 is 10.4. The Hall–Kier alpha value is -1.63. The number of esters is 1. The fourth-order valence-corrected chi connectivity index (χ4v) is 3.28. The van der Waals surface area contributed by atoms with Crippen molar-refractivity contribution in [3.63, 3.8) is 0 Å². The van der Waals surface area contributed by atoms with Crippen molar-refractivity contribution in [2.24, 2.45) is 4.99 Å². The van der Waals surface area contributed by atoms with Gasteiger partial charge in [-0.2, -0.15) is 0 Å². The summed E-state index contributed by atoms with van der Waals surface area (Å²) in [5.74, 6) is 0.254. The monoisotopic (exact) mass is 569 g/mol. The van der Waals surface area contributed by atoms with Crippen molar-refractivity contribution in [3.8, 4) is 0 Å². The van der Waals surface area contributed by atoms with E-state index in [0.29, 0.717) is 42.8 Å². The van der Waals surface area contributed by atoms with Crippen LogP contribution >= 0.6 is 35.3 Å². The van der Waals surface area contributed by atoms with Crippen LogP contribution < -0.4 is 10.6 Å². The molecule has 9 nitrogen and oxygen atoms in total. The van der Waals surface area contributed by atoms with Gasteiger partial charge in [0.25, 0.3) is 0 Å². The minimum atomic E-state index is -0.533. The summed E-state index contributed by atoms with van der Waals surface area (Å²) in [5.41, 5.74) is 0.123. The van der Waals surface area contributed by atoms with Crippen LogP contribution in [0.2, 0.25) is 0 Å². The number of thiazole rings is 1. The maximum atomic E-state index is 12.0. The number of carbonyl (C=O) groups is 2. The molecule has 0 radical (unpaired) electrons. The molecule has 178 valence electrons. The van der Waals surface area contributed by atoms with Crippen molar-refractivity contribution in [2.75, 3.05) is 33.3 Å². The first kappa shape index (κ1) is 29.4. The number of amides is 1. The van der Waals surface area contributed by atoms with Crippen LogP contribution in [0.5, 0.6) is 0 Å². The van der Waals surface area contributed by atoms with Gasteiger partial charge in [-0.3, -0.25) is 4.99 Å². The second-order valence-electron chi connectivity index (χ2n) is 7.72. The summed E-state index contributed by atoms with van der Waals surface area (Å²) in [6.07, 6.45) is -0.381. The summed E-state index contributed by atoms with van der Waals surface area (Å²) in [7, 11) is 1.68. The number of ether oxygens (including phenoxy) is 2. The van der Waals surface area contributed by atoms with Crippen molar-refractivity contribution in [1.29, 1.82) is 0 Å². The van der Waals surface area contributed by atoms with E-state index < -0.39 is 5.60 Å². The van der Waals surface area contributed by atoms with Crippen molar-refractivity contribution in [2.45, 2.75) is 60.1 Å². The molecule has 1 unspecified atom stereocenters. The lowest BCUT2D eigenvalue weighted by Crippen LogP contribution is -2.40. The van der Waals surface area contributed by atoms with Crippen LogP contribution in [0.25, 0.3) is 0 Å². The van der Waals surface area contributed by atoms with E-state index >= 15 is 0 Å². The van der Waals surface area contributed by atoms with E-state index in [2.05, 4.69) is 20.6 Å². The number of guanidine groups is 1. The number of nitrogens with one attached hydrogen (secondary N) is 2. The SMILES string of the molecule is CCNC(=NCCN(C)C(=O)OC(C)(C)C)NC(C)c1nc(C)c(C(=O)OCC)s1.I. The predicted octanol–water partition coefficient (Wildman–Crippen LogP) is 3.73. The first-order valence-electron chi connectivity index (χ1n) is 10.1. The molecule has 0 aromatic carbocycles. The summed E-state index contributed by atoms with van der Waals surface area (Å²) >= 11 is 1.31. The van der Waals surface area contributed by atoms with Crippen LogP contribution in [0.1, 0.15) is 68.0 Å². The number of hydrogen-bond acceptors (Lipinski definition) is 7. The van der Waals surface area contributed by atoms with E-state index in [1.165, 1.54) is 16.2 Å². The van der Waals surface area contributed by atoms with E-state index in [1.54, 1.807) is 20.9 Å². The highest BCUT2D eigenvalue weighted by atomic mass is 127. The molecule has 1 aromatic rings. The van der Waals surface area contributed by atoms with E-state index in [9.17, 15) is 9.59 Å².